The van der Waals surface area contributed by atoms with Gasteiger partial charge < -0.3 is 15.2 Å². The zero-order valence-corrected chi connectivity index (χ0v) is 18.4. The smallest absolute Gasteiger partial charge is 0.238 e. The summed E-state index contributed by atoms with van der Waals surface area (Å²) in [4.78, 5) is 12.7. The molecule has 5 nitrogen and oxygen atoms in total. The summed E-state index contributed by atoms with van der Waals surface area (Å²) in [6.07, 6.45) is 4.67. The highest BCUT2D eigenvalue weighted by atomic mass is 16.2. The molecule has 0 unspecified atom stereocenters. The van der Waals surface area contributed by atoms with Gasteiger partial charge in [-0.15, -0.1) is 0 Å². The molecule has 0 bridgehead atoms. The third-order valence-corrected chi connectivity index (χ3v) is 6.46. The van der Waals surface area contributed by atoms with Gasteiger partial charge in [-0.05, 0) is 60.6 Å². The Labute approximate surface area is 184 Å². The molecule has 4 atom stereocenters. The summed E-state index contributed by atoms with van der Waals surface area (Å²) >= 11 is 0. The van der Waals surface area contributed by atoms with E-state index in [1.165, 1.54) is 16.5 Å². The first-order chi connectivity index (χ1) is 14.9. The standard InChI is InChI=1S/C26H30N4O/c1-17-4-5-18(2)28-25(17)26(31)29-23(16-27)14-19-6-8-20(9-7-19)21-10-11-24-22(15-21)12-13-30(24)3/h6-13,15,17-18,23,25,28H,4-5,14H2,1-3H3,(H,29,31)/t17-,18+,23+,25+/m1/s1. The number of rotatable bonds is 5. The lowest BCUT2D eigenvalue weighted by Crippen LogP contribution is -2.55. The first kappa shape index (κ1) is 21.1. The van der Waals surface area contributed by atoms with Crippen LogP contribution in [-0.4, -0.2) is 28.6 Å². The van der Waals surface area contributed by atoms with Gasteiger partial charge in [-0.2, -0.15) is 5.26 Å². The predicted octanol–water partition coefficient (Wildman–Crippen LogP) is 4.17. The molecular weight excluding hydrogens is 384 g/mol. The number of aryl methyl sites for hydroxylation is 1. The highest BCUT2D eigenvalue weighted by Crippen LogP contribution is 2.25. The second kappa shape index (κ2) is 8.95. The van der Waals surface area contributed by atoms with E-state index in [1.54, 1.807) is 0 Å². The number of hydrogen-bond donors (Lipinski definition) is 2. The molecule has 0 spiro atoms. The first-order valence-electron chi connectivity index (χ1n) is 11.0. The van der Waals surface area contributed by atoms with Gasteiger partial charge in [0.2, 0.25) is 5.91 Å². The summed E-state index contributed by atoms with van der Waals surface area (Å²) in [6, 6.07) is 18.7. The minimum absolute atomic E-state index is 0.0709. The van der Waals surface area contributed by atoms with Gasteiger partial charge in [-0.1, -0.05) is 37.3 Å². The molecule has 2 aromatic carbocycles. The van der Waals surface area contributed by atoms with Crippen molar-refractivity contribution < 1.29 is 4.79 Å². The summed E-state index contributed by atoms with van der Waals surface area (Å²) in [6.45, 7) is 4.20. The molecule has 1 saturated heterocycles. The Morgan fingerprint density at radius 2 is 1.90 bits per heavy atom. The van der Waals surface area contributed by atoms with E-state index >= 15 is 0 Å². The van der Waals surface area contributed by atoms with Crippen LogP contribution < -0.4 is 10.6 Å². The second-order valence-corrected chi connectivity index (χ2v) is 8.89. The molecule has 31 heavy (non-hydrogen) atoms. The van der Waals surface area contributed by atoms with Crippen LogP contribution in [0.4, 0.5) is 0 Å². The third kappa shape index (κ3) is 4.65. The number of carbonyl (C=O) groups is 1. The van der Waals surface area contributed by atoms with E-state index in [0.29, 0.717) is 12.5 Å². The van der Waals surface area contributed by atoms with E-state index in [1.807, 2.05) is 19.2 Å². The van der Waals surface area contributed by atoms with Gasteiger partial charge in [0.25, 0.3) is 0 Å². The van der Waals surface area contributed by atoms with Crippen LogP contribution in [0.5, 0.6) is 0 Å². The van der Waals surface area contributed by atoms with Gasteiger partial charge in [-0.25, -0.2) is 0 Å². The monoisotopic (exact) mass is 414 g/mol. The fourth-order valence-electron chi connectivity index (χ4n) is 4.49. The topological polar surface area (TPSA) is 69.8 Å². The number of amides is 1. The summed E-state index contributed by atoms with van der Waals surface area (Å²) < 4.78 is 2.11. The van der Waals surface area contributed by atoms with Crippen molar-refractivity contribution in [2.24, 2.45) is 13.0 Å². The number of nitriles is 1. The van der Waals surface area contributed by atoms with Crippen LogP contribution in [0.1, 0.15) is 32.3 Å². The fourth-order valence-corrected chi connectivity index (χ4v) is 4.49. The summed E-state index contributed by atoms with van der Waals surface area (Å²) in [5, 5.41) is 17.1. The average molecular weight is 415 g/mol. The lowest BCUT2D eigenvalue weighted by molar-refractivity contribution is -0.125. The van der Waals surface area contributed by atoms with E-state index in [0.717, 1.165) is 24.0 Å². The molecule has 160 valence electrons. The van der Waals surface area contributed by atoms with Crippen LogP contribution in [0.15, 0.2) is 54.7 Å². The van der Waals surface area contributed by atoms with Crippen molar-refractivity contribution in [1.82, 2.24) is 15.2 Å². The van der Waals surface area contributed by atoms with Crippen molar-refractivity contribution in [1.29, 1.82) is 5.26 Å². The molecule has 1 fully saturated rings. The average Bonchev–Trinajstić information content (AvgIpc) is 3.15. The van der Waals surface area contributed by atoms with Gasteiger partial charge in [0.1, 0.15) is 6.04 Å². The van der Waals surface area contributed by atoms with Crippen molar-refractivity contribution in [3.63, 3.8) is 0 Å². The number of nitrogens with one attached hydrogen (secondary N) is 2. The Morgan fingerprint density at radius 1 is 1.16 bits per heavy atom. The number of piperidine rings is 1. The predicted molar refractivity (Wildman–Crippen MR) is 124 cm³/mol. The van der Waals surface area contributed by atoms with Gasteiger partial charge in [0.05, 0.1) is 12.1 Å². The van der Waals surface area contributed by atoms with Crippen LogP contribution in [0.25, 0.3) is 22.0 Å². The van der Waals surface area contributed by atoms with Crippen molar-refractivity contribution in [3.05, 3.63) is 60.3 Å². The Kier molecular flexibility index (Phi) is 6.11. The fraction of sp³-hybridized carbons (Fsp3) is 0.385. The van der Waals surface area contributed by atoms with E-state index in [9.17, 15) is 10.1 Å². The van der Waals surface area contributed by atoms with Crippen molar-refractivity contribution in [3.8, 4) is 17.2 Å². The highest BCUT2D eigenvalue weighted by molar-refractivity contribution is 5.85. The van der Waals surface area contributed by atoms with E-state index in [2.05, 4.69) is 77.7 Å². The first-order valence-corrected chi connectivity index (χ1v) is 11.0. The molecule has 2 heterocycles. The molecule has 1 amide bonds. The van der Waals surface area contributed by atoms with Gasteiger partial charge >= 0.3 is 0 Å². The maximum absolute atomic E-state index is 12.7. The van der Waals surface area contributed by atoms with Crippen molar-refractivity contribution in [2.75, 3.05) is 0 Å². The van der Waals surface area contributed by atoms with Crippen LogP contribution >= 0.6 is 0 Å². The highest BCUT2D eigenvalue weighted by Gasteiger charge is 2.31. The Bertz CT molecular complexity index is 1110. The summed E-state index contributed by atoms with van der Waals surface area (Å²) in [5.41, 5.74) is 4.56. The molecule has 1 aliphatic heterocycles. The molecule has 5 heteroatoms. The zero-order chi connectivity index (χ0) is 22.0. The summed E-state index contributed by atoms with van der Waals surface area (Å²) in [7, 11) is 2.05. The zero-order valence-electron chi connectivity index (χ0n) is 18.4. The van der Waals surface area contributed by atoms with E-state index in [4.69, 9.17) is 0 Å². The number of benzene rings is 2. The quantitative estimate of drug-likeness (QED) is 0.658. The largest absolute Gasteiger partial charge is 0.351 e. The second-order valence-electron chi connectivity index (χ2n) is 8.89. The summed E-state index contributed by atoms with van der Waals surface area (Å²) in [5.74, 6) is 0.204. The lowest BCUT2D eigenvalue weighted by Gasteiger charge is -2.33. The third-order valence-electron chi connectivity index (χ3n) is 6.46. The minimum Gasteiger partial charge on any atom is -0.351 e. The maximum atomic E-state index is 12.7. The molecule has 2 N–H and O–H groups in total. The molecule has 1 aromatic heterocycles. The number of nitrogens with zero attached hydrogens (tertiary/aromatic N) is 2. The van der Waals surface area contributed by atoms with Crippen molar-refractivity contribution >= 4 is 16.8 Å². The minimum atomic E-state index is -0.537. The molecular formula is C26H30N4O. The molecule has 4 rings (SSSR count). The van der Waals surface area contributed by atoms with Gasteiger partial charge in [-0.3, -0.25) is 4.79 Å². The van der Waals surface area contributed by atoms with Crippen LogP contribution in [0.2, 0.25) is 0 Å². The van der Waals surface area contributed by atoms with Gasteiger partial charge in [0.15, 0.2) is 0 Å². The molecule has 0 saturated carbocycles. The van der Waals surface area contributed by atoms with Crippen LogP contribution in [0, 0.1) is 17.2 Å². The molecule has 1 aliphatic rings. The number of fused-ring (bicyclic) bond motifs is 1. The van der Waals surface area contributed by atoms with Crippen LogP contribution in [0.3, 0.4) is 0 Å². The number of aromatic nitrogens is 1. The Balaban J connectivity index is 1.42. The molecule has 0 aliphatic carbocycles. The van der Waals surface area contributed by atoms with Gasteiger partial charge in [0, 0.05) is 36.6 Å². The van der Waals surface area contributed by atoms with E-state index in [-0.39, 0.29) is 17.9 Å². The lowest BCUT2D eigenvalue weighted by atomic mass is 9.88. The SMILES string of the molecule is C[C@@H]1CC[C@H](C)N[C@@H]1C(=O)N[C@H](C#N)Cc1ccc(-c2ccc3c(ccn3C)c2)cc1. The van der Waals surface area contributed by atoms with Crippen LogP contribution in [-0.2, 0) is 18.3 Å². The normalized spacial score (nSPS) is 22.1. The Morgan fingerprint density at radius 3 is 2.65 bits per heavy atom. The Hall–Kier alpha value is -3.10. The molecule has 3 aromatic rings. The molecule has 0 radical (unpaired) electrons. The van der Waals surface area contributed by atoms with E-state index < -0.39 is 6.04 Å². The number of hydrogen-bond acceptors (Lipinski definition) is 3. The van der Waals surface area contributed by atoms with Crippen molar-refractivity contribution in [2.45, 2.75) is 51.2 Å². The maximum Gasteiger partial charge on any atom is 0.238 e. The number of carbonyl (C=O) groups excluding carboxylic acids is 1.